The molecule has 2 rings (SSSR count). The molecule has 0 N–H and O–H groups in total. The molecule has 0 atom stereocenters. The van der Waals surface area contributed by atoms with Gasteiger partial charge < -0.3 is 4.57 Å². The van der Waals surface area contributed by atoms with Gasteiger partial charge in [-0.05, 0) is 49.1 Å². The van der Waals surface area contributed by atoms with E-state index in [2.05, 4.69) is 6.58 Å². The average molecular weight is 502 g/mol. The Bertz CT molecular complexity index is 1060. The number of aromatic nitrogens is 1. The van der Waals surface area contributed by atoms with Crippen molar-refractivity contribution in [2.45, 2.75) is 56.3 Å². The van der Waals surface area contributed by atoms with Gasteiger partial charge in [-0.2, -0.15) is 13.2 Å². The number of ketones is 1. The number of hydrogen-bond donors (Lipinski definition) is 0. The Morgan fingerprint density at radius 2 is 1.81 bits per heavy atom. The molecule has 0 aliphatic heterocycles. The van der Waals surface area contributed by atoms with E-state index in [9.17, 15) is 18.0 Å². The molecule has 2 aromatic rings. The van der Waals surface area contributed by atoms with Gasteiger partial charge in [0.05, 0.1) is 10.6 Å². The quantitative estimate of drug-likeness (QED) is 0.266. The van der Waals surface area contributed by atoms with Crippen molar-refractivity contribution in [2.24, 2.45) is 0 Å². The number of carbonyl (C=O) groups excluding carboxylic acids is 1. The van der Waals surface area contributed by atoms with Crippen LogP contribution in [-0.4, -0.2) is 16.5 Å². The van der Waals surface area contributed by atoms with E-state index in [1.807, 2.05) is 19.1 Å². The Labute approximate surface area is 200 Å². The van der Waals surface area contributed by atoms with Crippen molar-refractivity contribution in [2.75, 3.05) is 0 Å². The second kappa shape index (κ2) is 10.8. The van der Waals surface area contributed by atoms with Crippen LogP contribution in [0, 0.1) is 6.92 Å². The summed E-state index contributed by atoms with van der Waals surface area (Å²) < 4.78 is 42.2. The number of rotatable bonds is 8. The van der Waals surface area contributed by atoms with Crippen LogP contribution < -0.4 is 0 Å². The molecule has 0 aliphatic rings. The van der Waals surface area contributed by atoms with Gasteiger partial charge in [0, 0.05) is 27.2 Å². The van der Waals surface area contributed by atoms with Gasteiger partial charge in [-0.15, -0.1) is 0 Å². The first-order chi connectivity index (χ1) is 14.9. The monoisotopic (exact) mass is 501 g/mol. The highest BCUT2D eigenvalue weighted by atomic mass is 35.5. The maximum absolute atomic E-state index is 13.5. The van der Waals surface area contributed by atoms with E-state index in [-0.39, 0.29) is 23.7 Å². The predicted molar refractivity (Wildman–Crippen MR) is 127 cm³/mol. The van der Waals surface area contributed by atoms with Crippen molar-refractivity contribution in [3.8, 4) is 0 Å². The van der Waals surface area contributed by atoms with Gasteiger partial charge in [0.1, 0.15) is 0 Å². The molecule has 1 heterocycles. The molecule has 0 saturated carbocycles. The van der Waals surface area contributed by atoms with E-state index in [0.717, 1.165) is 5.57 Å². The van der Waals surface area contributed by atoms with E-state index in [1.54, 1.807) is 55.7 Å². The van der Waals surface area contributed by atoms with E-state index in [0.29, 0.717) is 25.5 Å². The van der Waals surface area contributed by atoms with Crippen LogP contribution in [0.15, 0.2) is 64.6 Å². The van der Waals surface area contributed by atoms with E-state index in [1.165, 1.54) is 11.8 Å². The molecule has 32 heavy (non-hydrogen) atoms. The smallest absolute Gasteiger partial charge is 0.335 e. The second-order valence-corrected chi connectivity index (χ2v) is 9.37. The van der Waals surface area contributed by atoms with Crippen LogP contribution in [0.4, 0.5) is 13.2 Å². The molecule has 0 aliphatic carbocycles. The number of hydrogen-bond acceptors (Lipinski definition) is 2. The number of benzene rings is 1. The van der Waals surface area contributed by atoms with Crippen molar-refractivity contribution in [3.05, 3.63) is 81.5 Å². The summed E-state index contributed by atoms with van der Waals surface area (Å²) in [6.45, 7) is 10.9. The van der Waals surface area contributed by atoms with Crippen LogP contribution in [0.25, 0.3) is 0 Å². The molecule has 0 unspecified atom stereocenters. The maximum Gasteiger partial charge on any atom is 0.454 e. The molecule has 1 aromatic carbocycles. The summed E-state index contributed by atoms with van der Waals surface area (Å²) in [5.41, 5.74) is 1.13. The molecule has 0 amide bonds. The second-order valence-electron chi connectivity index (χ2n) is 7.43. The predicted octanol–water partition coefficient (Wildman–Crippen LogP) is 8.81. The lowest BCUT2D eigenvalue weighted by Gasteiger charge is -2.15. The zero-order valence-electron chi connectivity index (χ0n) is 18.2. The summed E-state index contributed by atoms with van der Waals surface area (Å²) in [4.78, 5) is 13.1. The molecule has 0 spiro atoms. The summed E-state index contributed by atoms with van der Waals surface area (Å²) in [7, 11) is 0. The molecular formula is C24H24Cl2F3NOS. The SMILES string of the molecule is C=C/C=C(\C=C/C)Cn1c(C)c(C(=O)C(F)(F)F)c(C(C)C)c1Sc1cc(Cl)cc(Cl)c1. The fourth-order valence-electron chi connectivity index (χ4n) is 3.41. The number of carbonyl (C=O) groups is 1. The van der Waals surface area contributed by atoms with Gasteiger partial charge in [0.25, 0.3) is 5.78 Å². The van der Waals surface area contributed by atoms with Gasteiger partial charge in [-0.25, -0.2) is 0 Å². The van der Waals surface area contributed by atoms with Gasteiger partial charge in [0.2, 0.25) is 0 Å². The summed E-state index contributed by atoms with van der Waals surface area (Å²) in [5, 5.41) is 1.37. The van der Waals surface area contributed by atoms with Crippen LogP contribution in [-0.2, 0) is 6.54 Å². The number of alkyl halides is 3. The normalized spacial score (nSPS) is 12.8. The lowest BCUT2D eigenvalue weighted by Crippen LogP contribution is -2.24. The van der Waals surface area contributed by atoms with E-state index < -0.39 is 12.0 Å². The molecule has 8 heteroatoms. The Morgan fingerprint density at radius 1 is 1.22 bits per heavy atom. The zero-order chi connectivity index (χ0) is 24.2. The first-order valence-electron chi connectivity index (χ1n) is 9.83. The van der Waals surface area contributed by atoms with Crippen molar-refractivity contribution in [1.82, 2.24) is 4.57 Å². The summed E-state index contributed by atoms with van der Waals surface area (Å²) >= 11 is 13.5. The minimum absolute atomic E-state index is 0.256. The highest BCUT2D eigenvalue weighted by molar-refractivity contribution is 7.99. The van der Waals surface area contributed by atoms with Gasteiger partial charge in [-0.3, -0.25) is 4.79 Å². The minimum atomic E-state index is -4.98. The highest BCUT2D eigenvalue weighted by Gasteiger charge is 2.43. The molecule has 0 radical (unpaired) electrons. The van der Waals surface area contributed by atoms with Crippen molar-refractivity contribution < 1.29 is 18.0 Å². The third-order valence-electron chi connectivity index (χ3n) is 4.68. The first kappa shape index (κ1) is 26.4. The Kier molecular flexibility index (Phi) is 8.91. The fourth-order valence-corrected chi connectivity index (χ4v) is 5.42. The number of Topliss-reactive ketones (excluding diaryl/α,β-unsaturated/α-hetero) is 1. The lowest BCUT2D eigenvalue weighted by molar-refractivity contribution is -0.0886. The van der Waals surface area contributed by atoms with Crippen molar-refractivity contribution in [3.63, 3.8) is 0 Å². The Balaban J connectivity index is 2.83. The molecule has 0 saturated heterocycles. The maximum atomic E-state index is 13.5. The summed E-state index contributed by atoms with van der Waals surface area (Å²) in [6, 6.07) is 4.95. The average Bonchev–Trinajstić information content (AvgIpc) is 2.92. The van der Waals surface area contributed by atoms with Gasteiger partial charge in [0.15, 0.2) is 0 Å². The van der Waals surface area contributed by atoms with Crippen LogP contribution in [0.3, 0.4) is 0 Å². The molecule has 1 aromatic heterocycles. The molecular weight excluding hydrogens is 478 g/mol. The molecule has 172 valence electrons. The van der Waals surface area contributed by atoms with Gasteiger partial charge >= 0.3 is 6.18 Å². The minimum Gasteiger partial charge on any atom is -0.335 e. The van der Waals surface area contributed by atoms with Crippen molar-refractivity contribution in [1.29, 1.82) is 0 Å². The molecule has 0 fully saturated rings. The highest BCUT2D eigenvalue weighted by Crippen LogP contribution is 2.43. The largest absolute Gasteiger partial charge is 0.454 e. The van der Waals surface area contributed by atoms with Crippen LogP contribution in [0.2, 0.25) is 10.0 Å². The zero-order valence-corrected chi connectivity index (χ0v) is 20.5. The third kappa shape index (κ3) is 6.12. The molecule has 2 nitrogen and oxygen atoms in total. The topological polar surface area (TPSA) is 22.0 Å². The number of nitrogens with zero attached hydrogens (tertiary/aromatic N) is 1. The van der Waals surface area contributed by atoms with Gasteiger partial charge in [-0.1, -0.05) is 79.7 Å². The van der Waals surface area contributed by atoms with Crippen LogP contribution in [0.1, 0.15) is 48.3 Å². The van der Waals surface area contributed by atoms with Crippen LogP contribution >= 0.6 is 35.0 Å². The lowest BCUT2D eigenvalue weighted by atomic mass is 9.97. The summed E-state index contributed by atoms with van der Waals surface area (Å²) in [6.07, 6.45) is 2.10. The Morgan fingerprint density at radius 3 is 2.28 bits per heavy atom. The number of halogens is 5. The third-order valence-corrected chi connectivity index (χ3v) is 6.22. The van der Waals surface area contributed by atoms with Crippen molar-refractivity contribution >= 4 is 40.7 Å². The van der Waals surface area contributed by atoms with E-state index in [4.69, 9.17) is 23.2 Å². The van der Waals surface area contributed by atoms with Crippen LogP contribution in [0.5, 0.6) is 0 Å². The molecule has 0 bridgehead atoms. The Hall–Kier alpha value is -1.89. The standard InChI is InChI=1S/C24H24Cl2F3NOS/c1-6-8-16(9-7-2)13-30-15(5)21(22(31)24(27,28)29)20(14(3)4)23(30)32-19-11-17(25)10-18(26)12-19/h6-12,14H,1,13H2,2-5H3/b9-7-,16-8+. The van der Waals surface area contributed by atoms with E-state index >= 15 is 0 Å². The first-order valence-corrected chi connectivity index (χ1v) is 11.4. The summed E-state index contributed by atoms with van der Waals surface area (Å²) in [5.74, 6) is -2.18. The fraction of sp³-hybridized carbons (Fsp3) is 0.292. The number of allylic oxidation sites excluding steroid dienone is 5.